The summed E-state index contributed by atoms with van der Waals surface area (Å²) in [7, 11) is -4.68. The largest absolute Gasteiger partial charge is 0.488 e. The van der Waals surface area contributed by atoms with Crippen molar-refractivity contribution in [3.8, 4) is 5.75 Å². The van der Waals surface area contributed by atoms with Crippen molar-refractivity contribution in [2.45, 2.75) is 68.5 Å². The molecule has 0 spiro atoms. The van der Waals surface area contributed by atoms with E-state index in [2.05, 4.69) is 10.3 Å². The minimum absolute atomic E-state index is 0.0127. The first-order valence-electron chi connectivity index (χ1n) is 14.3. The van der Waals surface area contributed by atoms with Crippen LogP contribution in [0.25, 0.3) is 0 Å². The van der Waals surface area contributed by atoms with Gasteiger partial charge in [0.15, 0.2) is 5.82 Å². The van der Waals surface area contributed by atoms with Crippen molar-refractivity contribution in [3.63, 3.8) is 0 Å². The van der Waals surface area contributed by atoms with Gasteiger partial charge in [0, 0.05) is 12.6 Å². The Morgan fingerprint density at radius 1 is 1.04 bits per heavy atom. The lowest BCUT2D eigenvalue weighted by Gasteiger charge is -2.27. The van der Waals surface area contributed by atoms with Crippen LogP contribution in [-0.4, -0.2) is 80.1 Å². The molecule has 0 unspecified atom stereocenters. The summed E-state index contributed by atoms with van der Waals surface area (Å²) in [4.78, 5) is 55.0. The molecule has 3 atom stereocenters. The number of aromatic nitrogens is 2. The molecule has 2 amide bonds. The van der Waals surface area contributed by atoms with Crippen molar-refractivity contribution in [1.82, 2.24) is 14.5 Å². The van der Waals surface area contributed by atoms with E-state index in [1.165, 1.54) is 64.5 Å². The molecular formula is C30H34N4O10S. The van der Waals surface area contributed by atoms with Gasteiger partial charge in [-0.3, -0.25) is 14.1 Å². The van der Waals surface area contributed by atoms with Crippen LogP contribution in [0.5, 0.6) is 5.75 Å². The number of unbranched alkanes of at least 4 members (excludes halogenated alkanes) is 3. The van der Waals surface area contributed by atoms with Crippen LogP contribution >= 0.6 is 0 Å². The number of aromatic carboxylic acids is 1. The number of anilines is 1. The Balaban J connectivity index is 1.54. The minimum atomic E-state index is -4.68. The predicted octanol–water partition coefficient (Wildman–Crippen LogP) is 3.72. The molecule has 1 aliphatic rings. The Morgan fingerprint density at radius 2 is 1.76 bits per heavy atom. The zero-order chi connectivity index (χ0) is 32.7. The molecule has 14 nitrogen and oxygen atoms in total. The highest BCUT2D eigenvalue weighted by atomic mass is 32.2. The summed E-state index contributed by atoms with van der Waals surface area (Å²) < 4.78 is 40.4. The highest BCUT2D eigenvalue weighted by molar-refractivity contribution is 7.86. The fourth-order valence-electron chi connectivity index (χ4n) is 5.22. The molecule has 1 aliphatic heterocycles. The molecule has 2 aromatic carbocycles. The van der Waals surface area contributed by atoms with Gasteiger partial charge in [-0.15, -0.1) is 0 Å². The Kier molecular flexibility index (Phi) is 10.6. The number of rotatable bonds is 14. The maximum Gasteiger partial charge on any atom is 0.335 e. The van der Waals surface area contributed by atoms with Gasteiger partial charge in [0.05, 0.1) is 24.0 Å². The third-order valence-electron chi connectivity index (χ3n) is 7.46. The average molecular weight is 643 g/mol. The summed E-state index contributed by atoms with van der Waals surface area (Å²) in [6.45, 7) is 2.03. The number of carbonyl (C=O) groups excluding carboxylic acids is 2. The quantitative estimate of drug-likeness (QED) is 0.147. The van der Waals surface area contributed by atoms with Gasteiger partial charge in [-0.25, -0.2) is 14.6 Å². The van der Waals surface area contributed by atoms with E-state index in [4.69, 9.17) is 9.84 Å². The lowest BCUT2D eigenvalue weighted by Crippen LogP contribution is -2.44. The number of nitrogens with zero attached hydrogens (tertiary/aromatic N) is 3. The SMILES string of the molecule is CCCCCC[C@@H](C(=O)N1C[C@@H](Oc2ccc(C(=O)O)cc2)C[C@H]1C(=O)O)n1cnc(NC(=O)c2ccccc2S(=O)(=O)O)c1. The van der Waals surface area contributed by atoms with Crippen LogP contribution in [0.3, 0.4) is 0 Å². The Labute approximate surface area is 259 Å². The van der Waals surface area contributed by atoms with Crippen LogP contribution in [0.4, 0.5) is 5.82 Å². The van der Waals surface area contributed by atoms with Gasteiger partial charge >= 0.3 is 11.9 Å². The summed E-state index contributed by atoms with van der Waals surface area (Å²) >= 11 is 0. The zero-order valence-corrected chi connectivity index (χ0v) is 25.2. The first-order valence-corrected chi connectivity index (χ1v) is 15.8. The molecule has 240 valence electrons. The van der Waals surface area contributed by atoms with Gasteiger partial charge in [0.2, 0.25) is 5.91 Å². The first-order chi connectivity index (χ1) is 21.4. The van der Waals surface area contributed by atoms with E-state index in [1.54, 1.807) is 0 Å². The molecule has 3 aromatic rings. The number of amides is 2. The van der Waals surface area contributed by atoms with Crippen LogP contribution in [0, 0.1) is 0 Å². The number of carboxylic acid groups (broad SMARTS) is 2. The highest BCUT2D eigenvalue weighted by Gasteiger charge is 2.43. The highest BCUT2D eigenvalue weighted by Crippen LogP contribution is 2.29. The lowest BCUT2D eigenvalue weighted by molar-refractivity contribution is -0.149. The number of likely N-dealkylation sites (tertiary alicyclic amines) is 1. The van der Waals surface area contributed by atoms with Crippen LogP contribution in [0.1, 0.15) is 72.2 Å². The van der Waals surface area contributed by atoms with Gasteiger partial charge in [0.25, 0.3) is 16.0 Å². The van der Waals surface area contributed by atoms with Crippen molar-refractivity contribution in [1.29, 1.82) is 0 Å². The van der Waals surface area contributed by atoms with Crippen molar-refractivity contribution < 1.29 is 47.1 Å². The van der Waals surface area contributed by atoms with Crippen molar-refractivity contribution in [2.24, 2.45) is 0 Å². The summed E-state index contributed by atoms with van der Waals surface area (Å²) in [6.07, 6.45) is 5.85. The van der Waals surface area contributed by atoms with E-state index in [-0.39, 0.29) is 29.9 Å². The van der Waals surface area contributed by atoms with Crippen LogP contribution in [0.2, 0.25) is 0 Å². The van der Waals surface area contributed by atoms with E-state index >= 15 is 0 Å². The number of nitrogens with one attached hydrogen (secondary N) is 1. The number of imidazole rings is 1. The standard InChI is InChI=1S/C30H34N4O10S/c1-2-3-4-5-9-23(33-17-26(31-18-33)32-27(35)22-8-6-7-10-25(22)45(41,42)43)28(36)34-16-21(15-24(34)30(39)40)44-20-13-11-19(12-14-20)29(37)38/h6-8,10-14,17-18,21,23-24H,2-5,9,15-16H2,1H3,(H,32,35)(H,37,38)(H,39,40)(H,41,42,43)/t21-,23-,24-/m0/s1. The number of benzene rings is 2. The second kappa shape index (κ2) is 14.3. The zero-order valence-electron chi connectivity index (χ0n) is 24.4. The average Bonchev–Trinajstić information content (AvgIpc) is 3.64. The number of hydrogen-bond donors (Lipinski definition) is 4. The van der Waals surface area contributed by atoms with Gasteiger partial charge in [-0.05, 0) is 42.8 Å². The molecule has 4 rings (SSSR count). The molecule has 2 heterocycles. The fraction of sp³-hybridized carbons (Fsp3) is 0.367. The maximum atomic E-state index is 14.0. The second-order valence-electron chi connectivity index (χ2n) is 10.6. The molecule has 1 fully saturated rings. The molecule has 0 radical (unpaired) electrons. The molecule has 15 heteroatoms. The number of ether oxygens (including phenoxy) is 1. The normalized spacial score (nSPS) is 17.1. The van der Waals surface area contributed by atoms with Gasteiger partial charge in [0.1, 0.15) is 28.8 Å². The second-order valence-corrected chi connectivity index (χ2v) is 12.0. The summed E-state index contributed by atoms with van der Waals surface area (Å²) in [5.74, 6) is -3.26. The Morgan fingerprint density at radius 3 is 2.40 bits per heavy atom. The summed E-state index contributed by atoms with van der Waals surface area (Å²) in [6, 6.07) is 8.76. The number of aliphatic carboxylic acids is 1. The predicted molar refractivity (Wildman–Crippen MR) is 160 cm³/mol. The number of hydrogen-bond acceptors (Lipinski definition) is 8. The number of carboxylic acids is 2. The van der Waals surface area contributed by atoms with E-state index < -0.39 is 57.0 Å². The third-order valence-corrected chi connectivity index (χ3v) is 8.38. The van der Waals surface area contributed by atoms with Gasteiger partial charge in [-0.2, -0.15) is 8.42 Å². The number of carbonyl (C=O) groups is 4. The van der Waals surface area contributed by atoms with Crippen molar-refractivity contribution in [2.75, 3.05) is 11.9 Å². The van der Waals surface area contributed by atoms with E-state index in [0.29, 0.717) is 18.6 Å². The molecule has 0 aliphatic carbocycles. The van der Waals surface area contributed by atoms with Gasteiger partial charge in [-0.1, -0.05) is 44.7 Å². The van der Waals surface area contributed by atoms with Crippen LogP contribution in [0.15, 0.2) is 66.0 Å². The molecule has 1 aromatic heterocycles. The van der Waals surface area contributed by atoms with E-state index in [0.717, 1.165) is 25.3 Å². The summed E-state index contributed by atoms with van der Waals surface area (Å²) in [5, 5.41) is 21.6. The van der Waals surface area contributed by atoms with E-state index in [9.17, 15) is 37.3 Å². The molecule has 45 heavy (non-hydrogen) atoms. The fourth-order valence-corrected chi connectivity index (χ4v) is 5.91. The lowest BCUT2D eigenvalue weighted by atomic mass is 10.1. The minimum Gasteiger partial charge on any atom is -0.488 e. The van der Waals surface area contributed by atoms with Gasteiger partial charge < -0.3 is 29.7 Å². The smallest absolute Gasteiger partial charge is 0.335 e. The molecule has 1 saturated heterocycles. The maximum absolute atomic E-state index is 14.0. The first kappa shape index (κ1) is 33.1. The van der Waals surface area contributed by atoms with Crippen LogP contribution < -0.4 is 10.1 Å². The summed E-state index contributed by atoms with van der Waals surface area (Å²) in [5.41, 5.74) is -0.231. The Hall–Kier alpha value is -4.76. The molecule has 0 bridgehead atoms. The van der Waals surface area contributed by atoms with E-state index in [1.807, 2.05) is 6.92 Å². The topological polar surface area (TPSA) is 205 Å². The van der Waals surface area contributed by atoms with Crippen molar-refractivity contribution in [3.05, 3.63) is 72.2 Å². The monoisotopic (exact) mass is 642 g/mol. The van der Waals surface area contributed by atoms with Crippen molar-refractivity contribution >= 4 is 39.7 Å². The Bertz CT molecular complexity index is 1650. The molecule has 4 N–H and O–H groups in total. The molecule has 0 saturated carbocycles. The molecular weight excluding hydrogens is 608 g/mol. The third kappa shape index (κ3) is 8.25. The van der Waals surface area contributed by atoms with Crippen LogP contribution in [-0.2, 0) is 19.7 Å².